The van der Waals surface area contributed by atoms with Crippen LogP contribution in [0.2, 0.25) is 0 Å². The number of rotatable bonds is 5. The van der Waals surface area contributed by atoms with Gasteiger partial charge in [-0.3, -0.25) is 13.7 Å². The van der Waals surface area contributed by atoms with Gasteiger partial charge in [-0.2, -0.15) is 8.15 Å². The summed E-state index contributed by atoms with van der Waals surface area (Å²) in [6.45, 7) is 0. The van der Waals surface area contributed by atoms with Gasteiger partial charge in [-0.05, 0) is 0 Å². The molecule has 0 spiro atoms. The van der Waals surface area contributed by atoms with E-state index in [-0.39, 0.29) is 0 Å². The zero-order valence-corrected chi connectivity index (χ0v) is 10.7. The van der Waals surface area contributed by atoms with Gasteiger partial charge in [0, 0.05) is 0 Å². The predicted octanol–water partition coefficient (Wildman–Crippen LogP) is 1.16. The summed E-state index contributed by atoms with van der Waals surface area (Å²) < 4.78 is 39.6. The maximum absolute atomic E-state index is 11.3. The van der Waals surface area contributed by atoms with Gasteiger partial charge in [-0.15, -0.1) is 0 Å². The Morgan fingerprint density at radius 2 is 1.13 bits per heavy atom. The fourth-order valence-corrected chi connectivity index (χ4v) is 7.29. The van der Waals surface area contributed by atoms with Crippen LogP contribution in [0.5, 0.6) is 0 Å². The molecule has 0 amide bonds. The van der Waals surface area contributed by atoms with E-state index in [1.807, 2.05) is 0 Å². The van der Waals surface area contributed by atoms with Crippen LogP contribution in [0.1, 0.15) is 0 Å². The van der Waals surface area contributed by atoms with Crippen LogP contribution in [0.15, 0.2) is 0 Å². The lowest BCUT2D eigenvalue weighted by Gasteiger charge is -2.22. The molecule has 0 atom stereocenters. The molecule has 0 aliphatic rings. The third kappa shape index (κ3) is 4.07. The zero-order chi connectivity index (χ0) is 12.5. The standard InChI is InChI=1S/CH5Cl2O9P3/c2-11-15(10,12-3)1(13(4,5)6)14(7,8)9/h1H,(H2,4,5,6)(H2,7,8,9). The van der Waals surface area contributed by atoms with Crippen molar-refractivity contribution >= 4 is 46.5 Å². The van der Waals surface area contributed by atoms with Crippen molar-refractivity contribution in [1.82, 2.24) is 0 Å². The molecule has 4 N–H and O–H groups in total. The van der Waals surface area contributed by atoms with E-state index in [0.717, 1.165) is 0 Å². The molecule has 14 heteroatoms. The Morgan fingerprint density at radius 3 is 1.20 bits per heavy atom. The summed E-state index contributed by atoms with van der Waals surface area (Å²) in [6, 6.07) is 0. The second kappa shape index (κ2) is 5.12. The second-order valence-electron chi connectivity index (χ2n) is 2.20. The summed E-state index contributed by atoms with van der Waals surface area (Å²) in [5, 5.41) is -3.06. The fourth-order valence-electron chi connectivity index (χ4n) is 0.646. The lowest BCUT2D eigenvalue weighted by Crippen LogP contribution is -2.10. The predicted molar refractivity (Wildman–Crippen MR) is 49.4 cm³/mol. The summed E-state index contributed by atoms with van der Waals surface area (Å²) in [6.07, 6.45) is 0. The van der Waals surface area contributed by atoms with E-state index in [4.69, 9.17) is 19.6 Å². The van der Waals surface area contributed by atoms with Crippen LogP contribution in [0, 0.1) is 0 Å². The van der Waals surface area contributed by atoms with Gasteiger partial charge in [0.05, 0.1) is 23.7 Å². The molecule has 0 unspecified atom stereocenters. The fraction of sp³-hybridized carbons (Fsp3) is 1.00. The van der Waals surface area contributed by atoms with Gasteiger partial charge in [-0.25, -0.2) is 0 Å². The second-order valence-corrected chi connectivity index (χ2v) is 9.51. The molecule has 15 heavy (non-hydrogen) atoms. The molecule has 0 bridgehead atoms. The summed E-state index contributed by atoms with van der Waals surface area (Å²) in [5.74, 6) is 0. The van der Waals surface area contributed by atoms with E-state index in [1.54, 1.807) is 0 Å². The highest BCUT2D eigenvalue weighted by molar-refractivity contribution is 7.87. The van der Waals surface area contributed by atoms with Crippen molar-refractivity contribution in [1.29, 1.82) is 0 Å². The summed E-state index contributed by atoms with van der Waals surface area (Å²) in [5.41, 5.74) is 0. The smallest absolute Gasteiger partial charge is 0.323 e. The summed E-state index contributed by atoms with van der Waals surface area (Å²) in [7, 11) is -16.0. The Kier molecular flexibility index (Phi) is 5.48. The first-order chi connectivity index (χ1) is 6.49. The van der Waals surface area contributed by atoms with E-state index in [2.05, 4.69) is 31.9 Å². The molecule has 0 saturated carbocycles. The molecule has 0 saturated heterocycles. The van der Waals surface area contributed by atoms with Crippen LogP contribution < -0.4 is 0 Å². The van der Waals surface area contributed by atoms with Crippen molar-refractivity contribution in [3.63, 3.8) is 0 Å². The lowest BCUT2D eigenvalue weighted by molar-refractivity contribution is 0.338. The van der Waals surface area contributed by atoms with Crippen LogP contribution in [-0.4, -0.2) is 24.7 Å². The molecule has 0 aliphatic carbocycles. The number of halogens is 2. The van der Waals surface area contributed by atoms with Crippen molar-refractivity contribution in [2.75, 3.05) is 0 Å². The highest BCUT2D eigenvalue weighted by atomic mass is 35.5. The molecule has 0 heterocycles. The summed E-state index contributed by atoms with van der Waals surface area (Å²) >= 11 is 9.11. The van der Waals surface area contributed by atoms with Crippen LogP contribution >= 0.6 is 46.5 Å². The van der Waals surface area contributed by atoms with E-state index in [0.29, 0.717) is 0 Å². The third-order valence-corrected chi connectivity index (χ3v) is 9.69. The normalized spacial score (nSPS) is 14.6. The average molecular weight is 325 g/mol. The molecule has 0 rings (SSSR count). The molecule has 92 valence electrons. The first-order valence-electron chi connectivity index (χ1n) is 2.80. The Balaban J connectivity index is 5.63. The van der Waals surface area contributed by atoms with Gasteiger partial charge >= 0.3 is 22.8 Å². The van der Waals surface area contributed by atoms with Crippen molar-refractivity contribution in [2.24, 2.45) is 0 Å². The van der Waals surface area contributed by atoms with E-state index in [1.165, 1.54) is 0 Å². The largest absolute Gasteiger partial charge is 0.390 e. The quantitative estimate of drug-likeness (QED) is 0.546. The number of hydrogen-bond donors (Lipinski definition) is 4. The van der Waals surface area contributed by atoms with Gasteiger partial charge < -0.3 is 19.6 Å². The van der Waals surface area contributed by atoms with Gasteiger partial charge in [0.15, 0.2) is 0 Å². The first kappa shape index (κ1) is 16.0. The van der Waals surface area contributed by atoms with Gasteiger partial charge in [-0.1, -0.05) is 0 Å². The van der Waals surface area contributed by atoms with Gasteiger partial charge in [0.1, 0.15) is 0 Å². The Bertz CT molecular complexity index is 322. The van der Waals surface area contributed by atoms with Crippen molar-refractivity contribution in [2.45, 2.75) is 5.14 Å². The molecule has 0 fully saturated rings. The molecular weight excluding hydrogens is 320 g/mol. The van der Waals surface area contributed by atoms with Crippen LogP contribution in [-0.2, 0) is 21.8 Å². The average Bonchev–Trinajstić information content (AvgIpc) is 1.98. The molecule has 0 aromatic carbocycles. The Labute approximate surface area is 93.5 Å². The van der Waals surface area contributed by atoms with Crippen molar-refractivity contribution in [3.8, 4) is 0 Å². The van der Waals surface area contributed by atoms with E-state index < -0.39 is 27.9 Å². The van der Waals surface area contributed by atoms with Crippen LogP contribution in [0.4, 0.5) is 0 Å². The first-order valence-corrected chi connectivity index (χ1v) is 8.39. The van der Waals surface area contributed by atoms with Crippen LogP contribution in [0.3, 0.4) is 0 Å². The van der Waals surface area contributed by atoms with Gasteiger partial charge in [0.2, 0.25) is 0 Å². The number of hydrogen-bond acceptors (Lipinski definition) is 5. The lowest BCUT2D eigenvalue weighted by atomic mass is 11.8. The molecular formula is CH5Cl2O9P3. The minimum Gasteiger partial charge on any atom is -0.323 e. The SMILES string of the molecule is O=P(O)(O)C(P(=O)(O)O)P(=O)(OCl)OCl. The molecule has 0 aromatic heterocycles. The minimum atomic E-state index is -5.50. The van der Waals surface area contributed by atoms with Crippen LogP contribution in [0.25, 0.3) is 0 Å². The zero-order valence-electron chi connectivity index (χ0n) is 6.51. The maximum Gasteiger partial charge on any atom is 0.390 e. The monoisotopic (exact) mass is 324 g/mol. The molecule has 9 nitrogen and oxygen atoms in total. The highest BCUT2D eigenvalue weighted by Gasteiger charge is 2.59. The summed E-state index contributed by atoms with van der Waals surface area (Å²) in [4.78, 5) is 34.3. The molecule has 0 radical (unpaired) electrons. The Hall–Kier alpha value is 1.03. The van der Waals surface area contributed by atoms with Crippen molar-refractivity contribution < 1.29 is 41.4 Å². The molecule has 0 aliphatic heterocycles. The van der Waals surface area contributed by atoms with Gasteiger partial charge in [0.25, 0.3) is 5.14 Å². The van der Waals surface area contributed by atoms with E-state index >= 15 is 0 Å². The van der Waals surface area contributed by atoms with Crippen molar-refractivity contribution in [3.05, 3.63) is 0 Å². The Morgan fingerprint density at radius 1 is 0.867 bits per heavy atom. The highest BCUT2D eigenvalue weighted by Crippen LogP contribution is 2.78. The maximum atomic E-state index is 11.3. The van der Waals surface area contributed by atoms with E-state index in [9.17, 15) is 13.7 Å². The minimum absolute atomic E-state index is 3.06. The topological polar surface area (TPSA) is 151 Å². The third-order valence-electron chi connectivity index (χ3n) is 1.08. The molecule has 0 aromatic rings.